The van der Waals surface area contributed by atoms with Gasteiger partial charge in [0.05, 0.1) is 19.1 Å². The van der Waals surface area contributed by atoms with Crippen molar-refractivity contribution >= 4 is 5.91 Å². The van der Waals surface area contributed by atoms with Crippen LogP contribution in [0.4, 0.5) is 8.78 Å². The maximum absolute atomic E-state index is 11.7. The molecule has 0 saturated carbocycles. The number of carbonyl (C=O) groups is 1. The van der Waals surface area contributed by atoms with Crippen LogP contribution in [0.1, 0.15) is 19.8 Å². The Morgan fingerprint density at radius 1 is 1.50 bits per heavy atom. The minimum Gasteiger partial charge on any atom is -0.393 e. The van der Waals surface area contributed by atoms with E-state index < -0.39 is 19.1 Å². The van der Waals surface area contributed by atoms with Gasteiger partial charge in [-0.15, -0.1) is 0 Å². The number of carbonyl (C=O) groups excluding carboxylic acids is 1. The van der Waals surface area contributed by atoms with E-state index in [-0.39, 0.29) is 18.9 Å². The number of amides is 1. The third-order valence-electron chi connectivity index (χ3n) is 2.01. The molecule has 0 aliphatic carbocycles. The number of rotatable bonds is 8. The quantitative estimate of drug-likeness (QED) is 0.640. The van der Waals surface area contributed by atoms with Crippen LogP contribution < -0.4 is 0 Å². The second-order valence-electron chi connectivity index (χ2n) is 3.67. The number of nitrogens with zero attached hydrogens (tertiary/aromatic N) is 1. The van der Waals surface area contributed by atoms with E-state index in [2.05, 4.69) is 4.74 Å². The van der Waals surface area contributed by atoms with Gasteiger partial charge in [0.1, 0.15) is 6.61 Å². The molecule has 0 aromatic heterocycles. The number of halogens is 2. The smallest absolute Gasteiger partial charge is 0.261 e. The summed E-state index contributed by atoms with van der Waals surface area (Å²) in [6.45, 7) is 1.46. The van der Waals surface area contributed by atoms with Crippen molar-refractivity contribution in [2.75, 3.05) is 26.8 Å². The third-order valence-corrected chi connectivity index (χ3v) is 2.01. The first-order valence-electron chi connectivity index (χ1n) is 5.21. The van der Waals surface area contributed by atoms with Crippen LogP contribution in [-0.4, -0.2) is 55.2 Å². The van der Waals surface area contributed by atoms with E-state index in [0.29, 0.717) is 13.0 Å². The standard InChI is InChI=1S/C10H19F2NO3/c1-8(14)3-5-13(2)10(15)4-6-16-7-9(11)12/h8-9,14H,3-7H2,1-2H3. The summed E-state index contributed by atoms with van der Waals surface area (Å²) in [7, 11) is 1.61. The molecule has 0 bridgehead atoms. The topological polar surface area (TPSA) is 49.8 Å². The fraction of sp³-hybridized carbons (Fsp3) is 0.900. The van der Waals surface area contributed by atoms with Crippen molar-refractivity contribution in [1.29, 1.82) is 0 Å². The number of hydrogen-bond donors (Lipinski definition) is 1. The fourth-order valence-corrected chi connectivity index (χ4v) is 1.03. The van der Waals surface area contributed by atoms with E-state index in [9.17, 15) is 13.6 Å². The van der Waals surface area contributed by atoms with Gasteiger partial charge in [0, 0.05) is 13.6 Å². The number of ether oxygens (including phenoxy) is 1. The first-order chi connectivity index (χ1) is 7.43. The van der Waals surface area contributed by atoms with E-state index in [4.69, 9.17) is 5.11 Å². The highest BCUT2D eigenvalue weighted by molar-refractivity contribution is 5.75. The lowest BCUT2D eigenvalue weighted by molar-refractivity contribution is -0.131. The molecule has 1 amide bonds. The van der Waals surface area contributed by atoms with Crippen molar-refractivity contribution in [3.05, 3.63) is 0 Å². The summed E-state index contributed by atoms with van der Waals surface area (Å²) in [4.78, 5) is 12.8. The second kappa shape index (κ2) is 8.41. The van der Waals surface area contributed by atoms with Crippen LogP contribution >= 0.6 is 0 Å². The summed E-state index contributed by atoms with van der Waals surface area (Å²) in [5, 5.41) is 9.01. The predicted octanol–water partition coefficient (Wildman–Crippen LogP) is 0.887. The lowest BCUT2D eigenvalue weighted by atomic mass is 10.2. The maximum atomic E-state index is 11.7. The Kier molecular flexibility index (Phi) is 8.01. The van der Waals surface area contributed by atoms with E-state index in [1.807, 2.05) is 0 Å². The predicted molar refractivity (Wildman–Crippen MR) is 55.4 cm³/mol. The van der Waals surface area contributed by atoms with Crippen molar-refractivity contribution in [1.82, 2.24) is 4.90 Å². The Morgan fingerprint density at radius 3 is 2.62 bits per heavy atom. The van der Waals surface area contributed by atoms with Gasteiger partial charge in [-0.3, -0.25) is 4.79 Å². The molecule has 0 aliphatic rings. The molecule has 4 nitrogen and oxygen atoms in total. The van der Waals surface area contributed by atoms with Gasteiger partial charge >= 0.3 is 0 Å². The van der Waals surface area contributed by atoms with Crippen LogP contribution in [0.2, 0.25) is 0 Å². The fourth-order valence-electron chi connectivity index (χ4n) is 1.03. The summed E-state index contributed by atoms with van der Waals surface area (Å²) < 4.78 is 28.0. The molecule has 0 radical (unpaired) electrons. The Balaban J connectivity index is 3.55. The lowest BCUT2D eigenvalue weighted by Crippen LogP contribution is -2.30. The van der Waals surface area contributed by atoms with Gasteiger partial charge in [0.15, 0.2) is 0 Å². The zero-order valence-corrected chi connectivity index (χ0v) is 9.66. The monoisotopic (exact) mass is 239 g/mol. The van der Waals surface area contributed by atoms with Gasteiger partial charge in [-0.25, -0.2) is 8.78 Å². The van der Waals surface area contributed by atoms with Gasteiger partial charge in [-0.05, 0) is 13.3 Å². The molecule has 6 heteroatoms. The molecule has 0 heterocycles. The molecule has 0 aromatic carbocycles. The zero-order chi connectivity index (χ0) is 12.6. The van der Waals surface area contributed by atoms with Crippen molar-refractivity contribution in [2.45, 2.75) is 32.3 Å². The largest absolute Gasteiger partial charge is 0.393 e. The normalized spacial score (nSPS) is 12.9. The van der Waals surface area contributed by atoms with Crippen molar-refractivity contribution in [3.63, 3.8) is 0 Å². The molecule has 16 heavy (non-hydrogen) atoms. The molecule has 0 aromatic rings. The van der Waals surface area contributed by atoms with E-state index in [0.717, 1.165) is 0 Å². The molecule has 0 spiro atoms. The van der Waals surface area contributed by atoms with Gasteiger partial charge in [0.2, 0.25) is 5.91 Å². The molecule has 1 N–H and O–H groups in total. The first kappa shape index (κ1) is 15.2. The van der Waals surface area contributed by atoms with Gasteiger partial charge < -0.3 is 14.7 Å². The Bertz CT molecular complexity index is 201. The van der Waals surface area contributed by atoms with Crippen molar-refractivity contribution < 1.29 is 23.4 Å². The van der Waals surface area contributed by atoms with Gasteiger partial charge in [-0.1, -0.05) is 0 Å². The summed E-state index contributed by atoms with van der Waals surface area (Å²) in [6, 6.07) is 0. The highest BCUT2D eigenvalue weighted by Gasteiger charge is 2.10. The average molecular weight is 239 g/mol. The number of aliphatic hydroxyl groups excluding tert-OH is 1. The summed E-state index contributed by atoms with van der Waals surface area (Å²) in [5.41, 5.74) is 0. The van der Waals surface area contributed by atoms with Crippen LogP contribution in [0.3, 0.4) is 0 Å². The lowest BCUT2D eigenvalue weighted by Gasteiger charge is -2.17. The van der Waals surface area contributed by atoms with Crippen LogP contribution in [-0.2, 0) is 9.53 Å². The van der Waals surface area contributed by atoms with E-state index in [1.165, 1.54) is 4.90 Å². The minimum atomic E-state index is -2.50. The van der Waals surface area contributed by atoms with E-state index in [1.54, 1.807) is 14.0 Å². The zero-order valence-electron chi connectivity index (χ0n) is 9.66. The van der Waals surface area contributed by atoms with Crippen LogP contribution in [0.25, 0.3) is 0 Å². The molecule has 0 rings (SSSR count). The molecule has 0 aliphatic heterocycles. The SMILES string of the molecule is CC(O)CCN(C)C(=O)CCOCC(F)F. The first-order valence-corrected chi connectivity index (χ1v) is 5.21. The van der Waals surface area contributed by atoms with Crippen LogP contribution in [0.5, 0.6) is 0 Å². The molecular weight excluding hydrogens is 220 g/mol. The molecule has 1 atom stereocenters. The summed E-state index contributed by atoms with van der Waals surface area (Å²) in [6.07, 6.45) is -2.36. The molecule has 0 fully saturated rings. The molecule has 1 unspecified atom stereocenters. The van der Waals surface area contributed by atoms with Crippen molar-refractivity contribution in [3.8, 4) is 0 Å². The second-order valence-corrected chi connectivity index (χ2v) is 3.67. The summed E-state index contributed by atoms with van der Waals surface area (Å²) in [5.74, 6) is -0.171. The van der Waals surface area contributed by atoms with Gasteiger partial charge in [0.25, 0.3) is 6.43 Å². The average Bonchev–Trinajstić information content (AvgIpc) is 2.20. The van der Waals surface area contributed by atoms with Crippen molar-refractivity contribution in [2.24, 2.45) is 0 Å². The molecule has 96 valence electrons. The third kappa shape index (κ3) is 8.55. The number of hydrogen-bond acceptors (Lipinski definition) is 3. The van der Waals surface area contributed by atoms with Crippen LogP contribution in [0, 0.1) is 0 Å². The highest BCUT2D eigenvalue weighted by atomic mass is 19.3. The Labute approximate surface area is 94.2 Å². The Morgan fingerprint density at radius 2 is 2.12 bits per heavy atom. The van der Waals surface area contributed by atoms with Gasteiger partial charge in [-0.2, -0.15) is 0 Å². The molecular formula is C10H19F2NO3. The Hall–Kier alpha value is -0.750. The number of aliphatic hydroxyl groups is 1. The molecule has 0 saturated heterocycles. The number of alkyl halides is 2. The van der Waals surface area contributed by atoms with E-state index >= 15 is 0 Å². The highest BCUT2D eigenvalue weighted by Crippen LogP contribution is 1.98. The minimum absolute atomic E-state index is 0.00217. The maximum Gasteiger partial charge on any atom is 0.261 e. The summed E-state index contributed by atoms with van der Waals surface area (Å²) >= 11 is 0. The van der Waals surface area contributed by atoms with Crippen LogP contribution in [0.15, 0.2) is 0 Å².